The van der Waals surface area contributed by atoms with Crippen molar-refractivity contribution in [3.05, 3.63) is 34.9 Å². The number of carbonyl (C=O) groups is 2. The van der Waals surface area contributed by atoms with E-state index in [1.54, 1.807) is 10.9 Å². The molecule has 2 heterocycles. The Kier molecular flexibility index (Phi) is 5.38. The molecular formula is C14H18ClN5O3. The largest absolute Gasteiger partial charge is 0.480 e. The van der Waals surface area contributed by atoms with Crippen molar-refractivity contribution >= 4 is 23.5 Å². The number of hydrogen-bond donors (Lipinski definition) is 2. The van der Waals surface area contributed by atoms with Crippen molar-refractivity contribution < 1.29 is 14.7 Å². The van der Waals surface area contributed by atoms with Crippen LogP contribution in [0.3, 0.4) is 0 Å². The van der Waals surface area contributed by atoms with Gasteiger partial charge in [-0.25, -0.2) is 4.79 Å². The molecule has 2 aromatic rings. The molecule has 2 aromatic heterocycles. The number of nitrogens with zero attached hydrogens (tertiary/aromatic N) is 4. The second kappa shape index (κ2) is 7.28. The Bertz CT molecular complexity index is 690. The number of hydrogen-bond acceptors (Lipinski definition) is 4. The zero-order chi connectivity index (χ0) is 17.0. The van der Waals surface area contributed by atoms with Crippen molar-refractivity contribution in [2.24, 2.45) is 0 Å². The molecule has 0 saturated carbocycles. The molecule has 9 heteroatoms. The topological polar surface area (TPSA) is 102 Å². The SMILES string of the molecule is Cc1nn(CCCNC(=O)c2ccn(C(C)C(=O)O)n2)cc1Cl. The molecule has 8 nitrogen and oxygen atoms in total. The van der Waals surface area contributed by atoms with Gasteiger partial charge in [0.05, 0.1) is 10.7 Å². The van der Waals surface area contributed by atoms with E-state index in [1.807, 2.05) is 6.92 Å². The maximum absolute atomic E-state index is 11.9. The first-order valence-electron chi connectivity index (χ1n) is 7.14. The van der Waals surface area contributed by atoms with Crippen LogP contribution in [-0.4, -0.2) is 43.1 Å². The molecular weight excluding hydrogens is 322 g/mol. The molecule has 0 aliphatic rings. The summed E-state index contributed by atoms with van der Waals surface area (Å²) in [7, 11) is 0. The number of nitrogens with one attached hydrogen (secondary N) is 1. The summed E-state index contributed by atoms with van der Waals surface area (Å²) in [5, 5.41) is 20.5. The van der Waals surface area contributed by atoms with Crippen molar-refractivity contribution in [2.75, 3.05) is 6.54 Å². The van der Waals surface area contributed by atoms with Crippen molar-refractivity contribution in [2.45, 2.75) is 32.9 Å². The third-order valence-corrected chi connectivity index (χ3v) is 3.70. The van der Waals surface area contributed by atoms with Gasteiger partial charge in [-0.05, 0) is 26.3 Å². The Hall–Kier alpha value is -2.35. The van der Waals surface area contributed by atoms with Crippen LogP contribution in [0.25, 0.3) is 0 Å². The van der Waals surface area contributed by atoms with E-state index in [4.69, 9.17) is 16.7 Å². The molecule has 1 atom stereocenters. The van der Waals surface area contributed by atoms with E-state index in [-0.39, 0.29) is 11.6 Å². The Balaban J connectivity index is 1.80. The Labute approximate surface area is 138 Å². The lowest BCUT2D eigenvalue weighted by Gasteiger charge is -2.06. The minimum Gasteiger partial charge on any atom is -0.480 e. The number of carbonyl (C=O) groups excluding carboxylic acids is 1. The summed E-state index contributed by atoms with van der Waals surface area (Å²) >= 11 is 5.92. The zero-order valence-electron chi connectivity index (χ0n) is 12.9. The van der Waals surface area contributed by atoms with Crippen molar-refractivity contribution in [1.29, 1.82) is 0 Å². The summed E-state index contributed by atoms with van der Waals surface area (Å²) in [6, 6.07) is 0.676. The van der Waals surface area contributed by atoms with Crippen LogP contribution in [0, 0.1) is 6.92 Å². The van der Waals surface area contributed by atoms with Crippen molar-refractivity contribution in [3.8, 4) is 0 Å². The zero-order valence-corrected chi connectivity index (χ0v) is 13.6. The first-order chi connectivity index (χ1) is 10.9. The minimum absolute atomic E-state index is 0.191. The van der Waals surface area contributed by atoms with Gasteiger partial charge in [-0.3, -0.25) is 14.2 Å². The van der Waals surface area contributed by atoms with Crippen LogP contribution in [0.4, 0.5) is 0 Å². The highest BCUT2D eigenvalue weighted by Gasteiger charge is 2.16. The molecule has 124 valence electrons. The Morgan fingerprint density at radius 3 is 2.78 bits per heavy atom. The van der Waals surface area contributed by atoms with Crippen LogP contribution < -0.4 is 5.32 Å². The molecule has 0 aliphatic carbocycles. The van der Waals surface area contributed by atoms with Gasteiger partial charge in [0.1, 0.15) is 11.7 Å². The molecule has 0 radical (unpaired) electrons. The van der Waals surface area contributed by atoms with Crippen LogP contribution in [-0.2, 0) is 11.3 Å². The van der Waals surface area contributed by atoms with Gasteiger partial charge in [-0.2, -0.15) is 10.2 Å². The van der Waals surface area contributed by atoms with E-state index < -0.39 is 12.0 Å². The molecule has 23 heavy (non-hydrogen) atoms. The smallest absolute Gasteiger partial charge is 0.328 e. The fourth-order valence-corrected chi connectivity index (χ4v) is 2.08. The lowest BCUT2D eigenvalue weighted by molar-refractivity contribution is -0.140. The maximum Gasteiger partial charge on any atom is 0.328 e. The second-order valence-electron chi connectivity index (χ2n) is 5.13. The fraction of sp³-hybridized carbons (Fsp3) is 0.429. The maximum atomic E-state index is 11.9. The fourth-order valence-electron chi connectivity index (χ4n) is 1.93. The standard InChI is InChI=1S/C14H18ClN5O3/c1-9-11(15)8-19(17-9)6-3-5-16-13(21)12-4-7-20(18-12)10(2)14(22)23/h4,7-8,10H,3,5-6H2,1-2H3,(H,16,21)(H,22,23). The van der Waals surface area contributed by atoms with E-state index in [1.165, 1.54) is 23.9 Å². The van der Waals surface area contributed by atoms with Gasteiger partial charge < -0.3 is 10.4 Å². The predicted molar refractivity (Wildman–Crippen MR) is 83.5 cm³/mol. The number of aliphatic carboxylic acids is 1. The molecule has 0 bridgehead atoms. The van der Waals surface area contributed by atoms with Crippen molar-refractivity contribution in [3.63, 3.8) is 0 Å². The van der Waals surface area contributed by atoms with Crippen LogP contribution in [0.1, 0.15) is 35.6 Å². The van der Waals surface area contributed by atoms with Gasteiger partial charge in [0.2, 0.25) is 0 Å². The molecule has 2 rings (SSSR count). The Morgan fingerprint density at radius 1 is 1.43 bits per heavy atom. The van der Waals surface area contributed by atoms with E-state index >= 15 is 0 Å². The second-order valence-corrected chi connectivity index (χ2v) is 5.54. The van der Waals surface area contributed by atoms with Gasteiger partial charge >= 0.3 is 5.97 Å². The number of amides is 1. The first kappa shape index (κ1) is 17.0. The van der Waals surface area contributed by atoms with Crippen molar-refractivity contribution in [1.82, 2.24) is 24.9 Å². The number of halogens is 1. The third kappa shape index (κ3) is 4.32. The quantitative estimate of drug-likeness (QED) is 0.744. The van der Waals surface area contributed by atoms with Gasteiger partial charge in [0.25, 0.3) is 5.91 Å². The van der Waals surface area contributed by atoms with E-state index in [2.05, 4.69) is 15.5 Å². The van der Waals surface area contributed by atoms with Gasteiger partial charge in [0, 0.05) is 25.5 Å². The lowest BCUT2D eigenvalue weighted by Crippen LogP contribution is -2.26. The highest BCUT2D eigenvalue weighted by Crippen LogP contribution is 2.12. The molecule has 0 aliphatic heterocycles. The van der Waals surface area contributed by atoms with Crippen LogP contribution in [0.5, 0.6) is 0 Å². The molecule has 0 fully saturated rings. The molecule has 1 amide bonds. The first-order valence-corrected chi connectivity index (χ1v) is 7.52. The van der Waals surface area contributed by atoms with E-state index in [0.29, 0.717) is 24.5 Å². The molecule has 2 N–H and O–H groups in total. The summed E-state index contributed by atoms with van der Waals surface area (Å²) < 4.78 is 2.97. The van der Waals surface area contributed by atoms with Crippen LogP contribution in [0.15, 0.2) is 18.5 Å². The highest BCUT2D eigenvalue weighted by molar-refractivity contribution is 6.31. The van der Waals surface area contributed by atoms with Gasteiger partial charge in [-0.1, -0.05) is 11.6 Å². The highest BCUT2D eigenvalue weighted by atomic mass is 35.5. The number of carboxylic acids is 1. The summed E-state index contributed by atoms with van der Waals surface area (Å²) in [4.78, 5) is 22.8. The summed E-state index contributed by atoms with van der Waals surface area (Å²) in [6.45, 7) is 4.41. The summed E-state index contributed by atoms with van der Waals surface area (Å²) in [5.41, 5.74) is 0.963. The molecule has 0 saturated heterocycles. The molecule has 1 unspecified atom stereocenters. The van der Waals surface area contributed by atoms with Gasteiger partial charge in [0.15, 0.2) is 0 Å². The van der Waals surface area contributed by atoms with E-state index in [0.717, 1.165) is 5.69 Å². The predicted octanol–water partition coefficient (Wildman–Crippen LogP) is 1.51. The summed E-state index contributed by atoms with van der Waals surface area (Å²) in [6.07, 6.45) is 3.91. The third-order valence-electron chi connectivity index (χ3n) is 3.33. The van der Waals surface area contributed by atoms with Crippen LogP contribution in [0.2, 0.25) is 5.02 Å². The van der Waals surface area contributed by atoms with E-state index in [9.17, 15) is 9.59 Å². The average molecular weight is 340 g/mol. The molecule has 0 aromatic carbocycles. The lowest BCUT2D eigenvalue weighted by atomic mass is 10.3. The number of carboxylic acid groups (broad SMARTS) is 1. The average Bonchev–Trinajstić information content (AvgIpc) is 3.10. The monoisotopic (exact) mass is 339 g/mol. The normalized spacial score (nSPS) is 12.1. The van der Waals surface area contributed by atoms with Gasteiger partial charge in [-0.15, -0.1) is 0 Å². The minimum atomic E-state index is -1.01. The molecule has 0 spiro atoms. The summed E-state index contributed by atoms with van der Waals surface area (Å²) in [5.74, 6) is -1.34. The number of aromatic nitrogens is 4. The number of rotatable bonds is 7. The van der Waals surface area contributed by atoms with Crippen LogP contribution >= 0.6 is 11.6 Å². The Morgan fingerprint density at radius 2 is 2.17 bits per heavy atom. The number of aryl methyl sites for hydroxylation is 2.